The van der Waals surface area contributed by atoms with E-state index >= 15 is 0 Å². The highest BCUT2D eigenvalue weighted by Crippen LogP contribution is 2.44. The van der Waals surface area contributed by atoms with E-state index < -0.39 is 52.5 Å². The Labute approximate surface area is 289 Å². The smallest absolute Gasteiger partial charge is 0.240 e. The average Bonchev–Trinajstić information content (AvgIpc) is 3.78. The molecule has 5 rings (SSSR count). The maximum absolute atomic E-state index is 13.0. The minimum atomic E-state index is -1.28. The van der Waals surface area contributed by atoms with Crippen LogP contribution in [0.3, 0.4) is 0 Å². The summed E-state index contributed by atoms with van der Waals surface area (Å²) in [5, 5.41) is 6.08. The number of hydrogen-bond acceptors (Lipinski definition) is 10. The van der Waals surface area contributed by atoms with E-state index in [0.29, 0.717) is 44.6 Å². The van der Waals surface area contributed by atoms with Crippen molar-refractivity contribution in [2.75, 3.05) is 37.6 Å². The number of nitrogens with two attached hydrogens (primary N) is 6. The van der Waals surface area contributed by atoms with Gasteiger partial charge in [0.1, 0.15) is 11.1 Å². The van der Waals surface area contributed by atoms with Gasteiger partial charge in [0.2, 0.25) is 35.4 Å². The fourth-order valence-corrected chi connectivity index (χ4v) is 7.56. The second kappa shape index (κ2) is 15.6. The Balaban J connectivity index is 0.000000226. The predicted octanol–water partition coefficient (Wildman–Crippen LogP) is -3.06. The summed E-state index contributed by atoms with van der Waals surface area (Å²) in [6, 6.07) is 8.68. The van der Waals surface area contributed by atoms with E-state index in [1.165, 1.54) is 4.90 Å². The third-order valence-electron chi connectivity index (χ3n) is 9.96. The molecule has 4 heterocycles. The van der Waals surface area contributed by atoms with Crippen molar-refractivity contribution in [3.8, 4) is 0 Å². The molecule has 0 spiro atoms. The third kappa shape index (κ3) is 7.11. The Kier molecular flexibility index (Phi) is 11.8. The molecule has 18 nitrogen and oxygen atoms in total. The number of para-hydroxylation sites is 1. The van der Waals surface area contributed by atoms with Crippen LogP contribution < -0.4 is 49.9 Å². The van der Waals surface area contributed by atoms with Crippen LogP contribution in [-0.4, -0.2) is 96.1 Å². The first-order valence-corrected chi connectivity index (χ1v) is 16.7. The molecule has 4 aliphatic rings. The largest absolute Gasteiger partial charge is 0.370 e. The van der Waals surface area contributed by atoms with Crippen LogP contribution in [0.1, 0.15) is 45.4 Å². The summed E-state index contributed by atoms with van der Waals surface area (Å²) in [5.74, 6) is -5.26. The van der Waals surface area contributed by atoms with Gasteiger partial charge in [0, 0.05) is 32.7 Å². The Morgan fingerprint density at radius 2 is 1.20 bits per heavy atom. The zero-order valence-electron chi connectivity index (χ0n) is 28.2. The van der Waals surface area contributed by atoms with Crippen molar-refractivity contribution in [1.82, 2.24) is 15.5 Å². The molecule has 14 N–H and O–H groups in total. The molecule has 6 atom stereocenters. The monoisotopic (exact) mass is 696 g/mol. The van der Waals surface area contributed by atoms with Crippen LogP contribution in [0.25, 0.3) is 0 Å². The van der Waals surface area contributed by atoms with Crippen LogP contribution in [0.2, 0.25) is 0 Å². The van der Waals surface area contributed by atoms with Crippen LogP contribution >= 0.6 is 0 Å². The van der Waals surface area contributed by atoms with E-state index in [1.54, 1.807) is 30.3 Å². The van der Waals surface area contributed by atoms with Gasteiger partial charge in [-0.15, -0.1) is 0 Å². The zero-order valence-corrected chi connectivity index (χ0v) is 28.2. The summed E-state index contributed by atoms with van der Waals surface area (Å²) in [4.78, 5) is 85.7. The number of carbonyl (C=O) groups is 6. The van der Waals surface area contributed by atoms with Crippen LogP contribution in [0.15, 0.2) is 40.3 Å². The maximum atomic E-state index is 13.0. The number of nitrogens with zero attached hydrogens (tertiary/aromatic N) is 4. The molecule has 272 valence electrons. The minimum absolute atomic E-state index is 0.0294. The maximum Gasteiger partial charge on any atom is 0.240 e. The van der Waals surface area contributed by atoms with Gasteiger partial charge in [0.15, 0.2) is 11.9 Å². The SMILES string of the molecule is CCCCN1C(=O)C2CNC(CCCN=C(N)N)(C(N)=O)C2C1=O.NC(=O)C1(CCCN=C(N)N)NCC2C(=O)N(c3ccccc3)C(=O)C21. The van der Waals surface area contributed by atoms with Crippen molar-refractivity contribution in [3.63, 3.8) is 0 Å². The first-order chi connectivity index (χ1) is 23.7. The molecule has 6 unspecified atom stereocenters. The average molecular weight is 697 g/mol. The number of aliphatic imine (C=N–C) groups is 2. The number of likely N-dealkylation sites (tertiary alicyclic amines) is 1. The van der Waals surface area contributed by atoms with Gasteiger partial charge in [-0.25, -0.2) is 4.90 Å². The summed E-state index contributed by atoms with van der Waals surface area (Å²) in [6.45, 7) is 3.53. The number of rotatable bonds is 14. The first-order valence-electron chi connectivity index (χ1n) is 16.7. The van der Waals surface area contributed by atoms with Crippen molar-refractivity contribution in [2.24, 2.45) is 68.1 Å². The Morgan fingerprint density at radius 1 is 0.720 bits per heavy atom. The second-order valence-electron chi connectivity index (χ2n) is 13.0. The number of unbranched alkanes of at least 4 members (excludes halogenated alkanes) is 1. The van der Waals surface area contributed by atoms with Crippen molar-refractivity contribution < 1.29 is 28.8 Å². The summed E-state index contributed by atoms with van der Waals surface area (Å²) in [5.41, 5.74) is 30.5. The molecule has 0 aromatic heterocycles. The molecular formula is C32H48N12O6. The number of carbonyl (C=O) groups excluding carboxylic acids is 6. The Morgan fingerprint density at radius 3 is 1.66 bits per heavy atom. The molecule has 4 fully saturated rings. The molecule has 1 aromatic carbocycles. The second-order valence-corrected chi connectivity index (χ2v) is 13.0. The molecule has 1 aromatic rings. The number of guanidine groups is 2. The first kappa shape index (κ1) is 37.7. The predicted molar refractivity (Wildman–Crippen MR) is 184 cm³/mol. The van der Waals surface area contributed by atoms with Gasteiger partial charge in [0.05, 0.1) is 29.4 Å². The molecule has 6 amide bonds. The topological polar surface area (TPSA) is 314 Å². The highest BCUT2D eigenvalue weighted by atomic mass is 16.2. The van der Waals surface area contributed by atoms with Gasteiger partial charge >= 0.3 is 0 Å². The van der Waals surface area contributed by atoms with Crippen LogP contribution in [0.5, 0.6) is 0 Å². The van der Waals surface area contributed by atoms with Crippen molar-refractivity contribution in [2.45, 2.75) is 56.5 Å². The number of imide groups is 2. The minimum Gasteiger partial charge on any atom is -0.370 e. The van der Waals surface area contributed by atoms with E-state index in [0.717, 1.165) is 17.7 Å². The molecule has 0 radical (unpaired) electrons. The summed E-state index contributed by atoms with van der Waals surface area (Å²) < 4.78 is 0. The molecule has 0 saturated carbocycles. The Bertz CT molecular complexity index is 1540. The summed E-state index contributed by atoms with van der Waals surface area (Å²) >= 11 is 0. The van der Waals surface area contributed by atoms with Crippen LogP contribution in [-0.2, 0) is 28.8 Å². The fourth-order valence-electron chi connectivity index (χ4n) is 7.56. The van der Waals surface area contributed by atoms with Gasteiger partial charge < -0.3 is 45.0 Å². The van der Waals surface area contributed by atoms with E-state index in [-0.39, 0.29) is 49.2 Å². The molecular weight excluding hydrogens is 648 g/mol. The van der Waals surface area contributed by atoms with Gasteiger partial charge in [-0.2, -0.15) is 0 Å². The number of nitrogens with one attached hydrogen (secondary N) is 2. The van der Waals surface area contributed by atoms with Gasteiger partial charge in [-0.1, -0.05) is 31.5 Å². The normalized spacial score (nSPS) is 28.2. The summed E-state index contributed by atoms with van der Waals surface area (Å²) in [6.07, 6.45) is 3.13. The van der Waals surface area contributed by atoms with E-state index in [2.05, 4.69) is 20.6 Å². The molecule has 4 aliphatic heterocycles. The van der Waals surface area contributed by atoms with Gasteiger partial charge in [-0.05, 0) is 44.2 Å². The lowest BCUT2D eigenvalue weighted by Crippen LogP contribution is -2.58. The third-order valence-corrected chi connectivity index (χ3v) is 9.96. The lowest BCUT2D eigenvalue weighted by atomic mass is 9.77. The number of benzene rings is 1. The molecule has 0 bridgehead atoms. The van der Waals surface area contributed by atoms with Crippen molar-refractivity contribution in [1.29, 1.82) is 0 Å². The highest BCUT2D eigenvalue weighted by Gasteiger charge is 2.65. The highest BCUT2D eigenvalue weighted by molar-refractivity contribution is 6.24. The number of fused-ring (bicyclic) bond motifs is 2. The number of primary amides is 2. The van der Waals surface area contributed by atoms with E-state index in [1.807, 2.05) is 6.92 Å². The molecule has 18 heteroatoms. The standard InChI is InChI=1S/C17H22N6O3.C15H26N6O3/c18-15(26)17(7-4-8-21-16(19)20)12-11(9-22-17)13(24)23(14(12)25)10-5-2-1-3-6-10;1-2-3-7-21-11(22)9-8-20-15(13(16)24,10(9)12(21)23)5-4-6-19-14(17)18/h1-3,5-6,11-12,22H,4,7-9H2,(H2,18,26)(H4,19,20,21);9-10,20H,2-8H2,1H3,(H2,16,24)(H4,17,18,19). The van der Waals surface area contributed by atoms with Crippen molar-refractivity contribution >= 4 is 53.0 Å². The Hall–Kier alpha value is -5.10. The number of amides is 6. The lowest BCUT2D eigenvalue weighted by molar-refractivity contribution is -0.143. The quantitative estimate of drug-likeness (QED) is 0.0416. The van der Waals surface area contributed by atoms with E-state index in [9.17, 15) is 28.8 Å². The van der Waals surface area contributed by atoms with E-state index in [4.69, 9.17) is 34.4 Å². The summed E-state index contributed by atoms with van der Waals surface area (Å²) in [7, 11) is 0. The molecule has 50 heavy (non-hydrogen) atoms. The van der Waals surface area contributed by atoms with Crippen LogP contribution in [0, 0.1) is 23.7 Å². The number of anilines is 1. The lowest BCUT2D eigenvalue weighted by Gasteiger charge is -2.31. The molecule has 0 aliphatic carbocycles. The molecule has 4 saturated heterocycles. The van der Waals surface area contributed by atoms with Gasteiger partial charge in [0.25, 0.3) is 0 Å². The van der Waals surface area contributed by atoms with Gasteiger partial charge in [-0.3, -0.25) is 43.7 Å². The van der Waals surface area contributed by atoms with Crippen LogP contribution in [0.4, 0.5) is 5.69 Å². The zero-order chi connectivity index (χ0) is 36.8. The fraction of sp³-hybridized carbons (Fsp3) is 0.562. The van der Waals surface area contributed by atoms with Crippen molar-refractivity contribution in [3.05, 3.63) is 30.3 Å². The number of hydrogen-bond donors (Lipinski definition) is 8.